The highest BCUT2D eigenvalue weighted by Gasteiger charge is 2.24. The van der Waals surface area contributed by atoms with Crippen molar-refractivity contribution in [2.24, 2.45) is 4.99 Å². The second-order valence-electron chi connectivity index (χ2n) is 6.86. The van der Waals surface area contributed by atoms with Gasteiger partial charge in [-0.15, -0.1) is 0 Å². The van der Waals surface area contributed by atoms with Crippen LogP contribution in [0.2, 0.25) is 0 Å². The second-order valence-corrected chi connectivity index (χ2v) is 8.00. The summed E-state index contributed by atoms with van der Waals surface area (Å²) < 4.78 is 2.16. The van der Waals surface area contributed by atoms with E-state index in [0.717, 1.165) is 30.1 Å². The number of nitrogens with one attached hydrogen (secondary N) is 2. The number of guanidine groups is 1. The number of aromatic nitrogens is 2. The third kappa shape index (κ3) is 5.04. The fourth-order valence-corrected chi connectivity index (χ4v) is 4.26. The molecule has 1 aliphatic carbocycles. The fourth-order valence-electron chi connectivity index (χ4n) is 3.46. The Balaban J connectivity index is 1.53. The van der Waals surface area contributed by atoms with Crippen molar-refractivity contribution < 1.29 is 0 Å². The van der Waals surface area contributed by atoms with E-state index >= 15 is 0 Å². The smallest absolute Gasteiger partial charge is 0.191 e. The highest BCUT2D eigenvalue weighted by molar-refractivity contribution is 7.99. The van der Waals surface area contributed by atoms with E-state index in [9.17, 15) is 0 Å². The number of aryl methyl sites for hydroxylation is 1. The largest absolute Gasteiger partial charge is 0.354 e. The number of thioether (sulfide) groups is 1. The van der Waals surface area contributed by atoms with Gasteiger partial charge in [-0.1, -0.05) is 24.3 Å². The minimum absolute atomic E-state index is 0.536. The molecule has 2 atom stereocenters. The maximum absolute atomic E-state index is 4.39. The van der Waals surface area contributed by atoms with E-state index in [4.69, 9.17) is 0 Å². The van der Waals surface area contributed by atoms with Gasteiger partial charge in [0.05, 0.1) is 0 Å². The van der Waals surface area contributed by atoms with Crippen LogP contribution >= 0.6 is 11.8 Å². The summed E-state index contributed by atoms with van der Waals surface area (Å²) in [6.45, 7) is 3.66. The molecule has 0 radical (unpaired) electrons. The molecule has 140 valence electrons. The summed E-state index contributed by atoms with van der Waals surface area (Å²) in [7, 11) is 1.84. The lowest BCUT2D eigenvalue weighted by Crippen LogP contribution is -2.42. The molecule has 0 aliphatic heterocycles. The zero-order chi connectivity index (χ0) is 18.4. The number of imidazole rings is 1. The quantitative estimate of drug-likeness (QED) is 0.605. The van der Waals surface area contributed by atoms with Crippen LogP contribution in [0.4, 0.5) is 0 Å². The predicted molar refractivity (Wildman–Crippen MR) is 111 cm³/mol. The number of nitrogens with zero attached hydrogens (tertiary/aromatic N) is 3. The van der Waals surface area contributed by atoms with E-state index < -0.39 is 0 Å². The van der Waals surface area contributed by atoms with Crippen molar-refractivity contribution in [1.29, 1.82) is 0 Å². The summed E-state index contributed by atoms with van der Waals surface area (Å²) in [4.78, 5) is 8.68. The Hall–Kier alpha value is -1.95. The molecule has 2 aromatic rings. The Morgan fingerprint density at radius 2 is 2.19 bits per heavy atom. The van der Waals surface area contributed by atoms with Gasteiger partial charge >= 0.3 is 0 Å². The van der Waals surface area contributed by atoms with Gasteiger partial charge in [-0.2, -0.15) is 11.8 Å². The van der Waals surface area contributed by atoms with Gasteiger partial charge in [0.15, 0.2) is 5.96 Å². The molecule has 5 nitrogen and oxygen atoms in total. The van der Waals surface area contributed by atoms with Crippen molar-refractivity contribution in [2.45, 2.75) is 50.6 Å². The zero-order valence-corrected chi connectivity index (χ0v) is 16.7. The van der Waals surface area contributed by atoms with E-state index in [1.165, 1.54) is 30.4 Å². The molecule has 2 N–H and O–H groups in total. The highest BCUT2D eigenvalue weighted by atomic mass is 32.2. The zero-order valence-electron chi connectivity index (χ0n) is 15.9. The molecule has 1 heterocycles. The molecule has 2 unspecified atom stereocenters. The minimum atomic E-state index is 0.536. The molecule has 3 rings (SSSR count). The van der Waals surface area contributed by atoms with Crippen LogP contribution in [0, 0.1) is 6.92 Å². The first-order valence-electron chi connectivity index (χ1n) is 9.23. The lowest BCUT2D eigenvalue weighted by molar-refractivity contribution is 0.614. The van der Waals surface area contributed by atoms with Crippen LogP contribution in [0.15, 0.2) is 41.7 Å². The van der Waals surface area contributed by atoms with Crippen molar-refractivity contribution in [3.63, 3.8) is 0 Å². The molecule has 0 saturated heterocycles. The Bertz CT molecular complexity index is 739. The van der Waals surface area contributed by atoms with E-state index in [0.29, 0.717) is 6.04 Å². The number of hydrogen-bond acceptors (Lipinski definition) is 3. The van der Waals surface area contributed by atoms with Gasteiger partial charge in [-0.3, -0.25) is 4.99 Å². The summed E-state index contributed by atoms with van der Waals surface area (Å²) in [5, 5.41) is 7.81. The first kappa shape index (κ1) is 18.8. The molecule has 1 aromatic heterocycles. The number of rotatable bonds is 6. The molecule has 1 aromatic carbocycles. The molecular formula is C20H29N5S. The van der Waals surface area contributed by atoms with Gasteiger partial charge < -0.3 is 15.2 Å². The molecule has 0 spiro atoms. The topological polar surface area (TPSA) is 54.2 Å². The van der Waals surface area contributed by atoms with Crippen LogP contribution in [-0.2, 0) is 13.1 Å². The molecule has 0 bridgehead atoms. The fraction of sp³-hybridized carbons (Fsp3) is 0.500. The Morgan fingerprint density at radius 3 is 2.88 bits per heavy atom. The Labute approximate surface area is 160 Å². The maximum atomic E-state index is 4.39. The van der Waals surface area contributed by atoms with Crippen molar-refractivity contribution >= 4 is 17.7 Å². The van der Waals surface area contributed by atoms with Gasteiger partial charge in [0.2, 0.25) is 0 Å². The third-order valence-corrected chi connectivity index (χ3v) is 6.11. The predicted octanol–water partition coefficient (Wildman–Crippen LogP) is 3.19. The van der Waals surface area contributed by atoms with Gasteiger partial charge in [0.1, 0.15) is 5.82 Å². The Morgan fingerprint density at radius 1 is 1.35 bits per heavy atom. The number of benzene rings is 1. The standard InChI is InChI=1S/C20H29N5S/c1-15-22-9-10-25(15)14-17-6-4-5-16(11-17)13-23-20(21-2)24-18-7-8-19(12-18)26-3/h4-6,9-11,18-19H,7-8,12-14H2,1-3H3,(H2,21,23,24). The van der Waals surface area contributed by atoms with Crippen molar-refractivity contribution in [3.05, 3.63) is 53.6 Å². The van der Waals surface area contributed by atoms with Crippen LogP contribution in [0.1, 0.15) is 36.2 Å². The lowest BCUT2D eigenvalue weighted by atomic mass is 10.1. The van der Waals surface area contributed by atoms with Crippen molar-refractivity contribution in [1.82, 2.24) is 20.2 Å². The average molecular weight is 372 g/mol. The van der Waals surface area contributed by atoms with Crippen molar-refractivity contribution in [3.8, 4) is 0 Å². The lowest BCUT2D eigenvalue weighted by Gasteiger charge is -2.17. The summed E-state index contributed by atoms with van der Waals surface area (Å²) in [6, 6.07) is 9.23. The SMILES string of the molecule is CN=C(NCc1cccc(Cn2ccnc2C)c1)NC1CCC(SC)C1. The molecular weight excluding hydrogens is 342 g/mol. The van der Waals surface area contributed by atoms with Crippen LogP contribution in [-0.4, -0.2) is 40.1 Å². The molecule has 1 aliphatic rings. The van der Waals surface area contributed by atoms with Crippen LogP contribution in [0.3, 0.4) is 0 Å². The summed E-state index contributed by atoms with van der Waals surface area (Å²) in [5.74, 6) is 1.94. The Kier molecular flexibility index (Phi) is 6.61. The minimum Gasteiger partial charge on any atom is -0.354 e. The molecule has 26 heavy (non-hydrogen) atoms. The van der Waals surface area contributed by atoms with Gasteiger partial charge in [-0.05, 0) is 43.6 Å². The highest BCUT2D eigenvalue weighted by Crippen LogP contribution is 2.28. The molecule has 0 amide bonds. The summed E-state index contributed by atoms with van der Waals surface area (Å²) >= 11 is 1.98. The maximum Gasteiger partial charge on any atom is 0.191 e. The first-order chi connectivity index (χ1) is 12.7. The first-order valence-corrected chi connectivity index (χ1v) is 10.5. The van der Waals surface area contributed by atoms with E-state index in [1.807, 2.05) is 38.1 Å². The monoisotopic (exact) mass is 371 g/mol. The van der Waals surface area contributed by atoms with Gasteiger partial charge in [-0.25, -0.2) is 4.98 Å². The average Bonchev–Trinajstić information content (AvgIpc) is 3.28. The van der Waals surface area contributed by atoms with E-state index in [2.05, 4.69) is 55.7 Å². The summed E-state index contributed by atoms with van der Waals surface area (Å²) in [5.41, 5.74) is 2.54. The molecule has 1 fully saturated rings. The van der Waals surface area contributed by atoms with Crippen LogP contribution < -0.4 is 10.6 Å². The normalized spacial score (nSPS) is 20.3. The van der Waals surface area contributed by atoms with Gasteiger partial charge in [0.25, 0.3) is 0 Å². The van der Waals surface area contributed by atoms with Crippen LogP contribution in [0.5, 0.6) is 0 Å². The summed E-state index contributed by atoms with van der Waals surface area (Å²) in [6.07, 6.45) is 9.83. The van der Waals surface area contributed by atoms with Crippen LogP contribution in [0.25, 0.3) is 0 Å². The second kappa shape index (κ2) is 9.12. The van der Waals surface area contributed by atoms with Crippen molar-refractivity contribution in [2.75, 3.05) is 13.3 Å². The van der Waals surface area contributed by atoms with E-state index in [-0.39, 0.29) is 0 Å². The van der Waals surface area contributed by atoms with Gasteiger partial charge in [0, 0.05) is 43.8 Å². The van der Waals surface area contributed by atoms with E-state index in [1.54, 1.807) is 0 Å². The number of aliphatic imine (C=N–C) groups is 1. The molecule has 6 heteroatoms. The number of hydrogen-bond donors (Lipinski definition) is 2. The third-order valence-electron chi connectivity index (χ3n) is 5.01. The molecule has 1 saturated carbocycles.